The maximum atomic E-state index is 13.6. The van der Waals surface area contributed by atoms with Crippen molar-refractivity contribution in [2.24, 2.45) is 0 Å². The number of rotatable bonds is 9. The number of hydrogen-bond acceptors (Lipinski definition) is 0. The zero-order chi connectivity index (χ0) is 25.0. The zero-order valence-electron chi connectivity index (χ0n) is 13.8. The van der Waals surface area contributed by atoms with Crippen LogP contribution in [0.15, 0.2) is 0 Å². The maximum Gasteiger partial charge on any atom is 0.460 e. The molecule has 18 heteroatoms. The van der Waals surface area contributed by atoms with Crippen LogP contribution >= 0.6 is 22.6 Å². The lowest BCUT2D eigenvalue weighted by atomic mass is 9.88. The molecular formula is C12H8F17I. The molecule has 0 saturated heterocycles. The fourth-order valence-electron chi connectivity index (χ4n) is 1.81. The smallest absolute Gasteiger partial charge is 0.198 e. The van der Waals surface area contributed by atoms with Crippen molar-refractivity contribution in [2.45, 2.75) is 71.3 Å². The lowest BCUT2D eigenvalue weighted by Gasteiger charge is -2.43. The minimum Gasteiger partial charge on any atom is -0.198 e. The van der Waals surface area contributed by atoms with Crippen molar-refractivity contribution < 1.29 is 74.6 Å². The summed E-state index contributed by atoms with van der Waals surface area (Å²) in [5.74, 6) is -55.8. The van der Waals surface area contributed by atoms with Gasteiger partial charge in [0.2, 0.25) is 0 Å². The zero-order valence-corrected chi connectivity index (χ0v) is 16.0. The van der Waals surface area contributed by atoms with Gasteiger partial charge < -0.3 is 0 Å². The molecule has 0 aliphatic heterocycles. The minimum atomic E-state index is -8.58. The van der Waals surface area contributed by atoms with E-state index in [1.165, 1.54) is 0 Å². The summed E-state index contributed by atoms with van der Waals surface area (Å²) in [6.45, 7) is 1.00. The number of halogens is 18. The third-order valence-electron chi connectivity index (χ3n) is 3.68. The monoisotopic (exact) mass is 602 g/mol. The Labute approximate surface area is 169 Å². The largest absolute Gasteiger partial charge is 0.460 e. The van der Waals surface area contributed by atoms with E-state index < -0.39 is 64.4 Å². The summed E-state index contributed by atoms with van der Waals surface area (Å²) in [6, 6.07) is 0. The van der Waals surface area contributed by atoms with Crippen molar-refractivity contribution in [3.63, 3.8) is 0 Å². The van der Waals surface area contributed by atoms with Crippen LogP contribution in [0, 0.1) is 0 Å². The Kier molecular flexibility index (Phi) is 7.72. The molecule has 0 aromatic heterocycles. The molecule has 0 spiro atoms. The second kappa shape index (κ2) is 7.84. The Balaban J connectivity index is 6.70. The standard InChI is InChI=1S/C12H8F17I/c1-2-3-4(30)5(13,14)6(15,16)7(17,18)8(19,20)9(21,22)10(23,24)11(25,26)12(27,28)29/h4H,2-3H2,1H3. The summed E-state index contributed by atoms with van der Waals surface area (Å²) < 4.78 is 218. The third-order valence-corrected chi connectivity index (χ3v) is 5.09. The van der Waals surface area contributed by atoms with E-state index in [1.807, 2.05) is 0 Å². The van der Waals surface area contributed by atoms with Crippen LogP contribution in [0.4, 0.5) is 74.6 Å². The van der Waals surface area contributed by atoms with Crippen molar-refractivity contribution in [2.75, 3.05) is 0 Å². The predicted molar refractivity (Wildman–Crippen MR) is 73.4 cm³/mol. The Bertz CT molecular complexity index is 604. The summed E-state index contributed by atoms with van der Waals surface area (Å²) in [4.78, 5) is 0. The van der Waals surface area contributed by atoms with Gasteiger partial charge in [-0.2, -0.15) is 74.6 Å². The first kappa shape index (κ1) is 29.5. The second-order valence-electron chi connectivity index (χ2n) is 5.82. The Morgan fingerprint density at radius 1 is 0.500 bits per heavy atom. The molecule has 0 N–H and O–H groups in total. The molecule has 0 bridgehead atoms. The fraction of sp³-hybridized carbons (Fsp3) is 1.00. The van der Waals surface area contributed by atoms with Crippen molar-refractivity contribution in [3.05, 3.63) is 0 Å². The van der Waals surface area contributed by atoms with Crippen LogP contribution in [0.3, 0.4) is 0 Å². The van der Waals surface area contributed by atoms with Crippen LogP contribution in [0.1, 0.15) is 19.8 Å². The van der Waals surface area contributed by atoms with Gasteiger partial charge in [0, 0.05) is 0 Å². The molecule has 0 nitrogen and oxygen atoms in total. The SMILES string of the molecule is CCCC(I)C(F)(F)C(F)(F)C(F)(F)C(F)(F)C(F)(F)C(F)(F)C(F)(F)C(F)(F)F. The highest BCUT2D eigenvalue weighted by Crippen LogP contribution is 2.64. The molecule has 0 aromatic carbocycles. The lowest BCUT2D eigenvalue weighted by molar-refractivity contribution is -0.461. The minimum absolute atomic E-state index is 0.326. The van der Waals surface area contributed by atoms with E-state index >= 15 is 0 Å². The van der Waals surface area contributed by atoms with Crippen LogP contribution < -0.4 is 0 Å². The second-order valence-corrected chi connectivity index (χ2v) is 7.33. The Hall–Kier alpha value is -0.460. The summed E-state index contributed by atoms with van der Waals surface area (Å²) in [7, 11) is 0. The third kappa shape index (κ3) is 3.79. The van der Waals surface area contributed by atoms with Gasteiger partial charge in [0.15, 0.2) is 0 Å². The van der Waals surface area contributed by atoms with Gasteiger partial charge in [-0.25, -0.2) is 0 Å². The van der Waals surface area contributed by atoms with Crippen LogP contribution in [0.2, 0.25) is 0 Å². The van der Waals surface area contributed by atoms with Crippen molar-refractivity contribution in [1.82, 2.24) is 0 Å². The van der Waals surface area contributed by atoms with Crippen LogP contribution in [0.5, 0.6) is 0 Å². The Morgan fingerprint density at radius 2 is 0.767 bits per heavy atom. The van der Waals surface area contributed by atoms with E-state index in [4.69, 9.17) is 0 Å². The molecule has 0 aromatic rings. The number of hydrogen-bond donors (Lipinski definition) is 0. The average Bonchev–Trinajstić information content (AvgIpc) is 2.52. The molecule has 0 aliphatic rings. The van der Waals surface area contributed by atoms with Gasteiger partial charge in [0.1, 0.15) is 0 Å². The molecule has 30 heavy (non-hydrogen) atoms. The molecule has 182 valence electrons. The van der Waals surface area contributed by atoms with Crippen molar-refractivity contribution in [1.29, 1.82) is 0 Å². The topological polar surface area (TPSA) is 0 Å². The van der Waals surface area contributed by atoms with Crippen LogP contribution in [-0.2, 0) is 0 Å². The normalized spacial score (nSPS) is 17.3. The summed E-state index contributed by atoms with van der Waals surface area (Å²) in [5.41, 5.74) is 0. The molecule has 0 heterocycles. The molecule has 0 saturated carbocycles. The van der Waals surface area contributed by atoms with Gasteiger partial charge in [-0.3, -0.25) is 0 Å². The van der Waals surface area contributed by atoms with Gasteiger partial charge in [-0.15, -0.1) is 0 Å². The highest BCUT2D eigenvalue weighted by molar-refractivity contribution is 14.1. The van der Waals surface area contributed by atoms with Crippen molar-refractivity contribution >= 4 is 22.6 Å². The first-order valence-electron chi connectivity index (χ1n) is 7.08. The molecule has 0 aliphatic carbocycles. The van der Waals surface area contributed by atoms with E-state index in [2.05, 4.69) is 0 Å². The molecule has 0 amide bonds. The first-order chi connectivity index (χ1) is 12.7. The van der Waals surface area contributed by atoms with E-state index in [-0.39, 0.29) is 0 Å². The molecule has 1 atom stereocenters. The number of alkyl halides is 18. The predicted octanol–water partition coefficient (Wildman–Crippen LogP) is 7.60. The van der Waals surface area contributed by atoms with Gasteiger partial charge >= 0.3 is 47.6 Å². The van der Waals surface area contributed by atoms with E-state index in [1.54, 1.807) is 0 Å². The molecular weight excluding hydrogens is 594 g/mol. The fourth-order valence-corrected chi connectivity index (χ4v) is 2.82. The highest BCUT2D eigenvalue weighted by Gasteiger charge is 2.95. The molecule has 0 radical (unpaired) electrons. The van der Waals surface area contributed by atoms with E-state index in [9.17, 15) is 74.6 Å². The quantitative estimate of drug-likeness (QED) is 0.145. The van der Waals surface area contributed by atoms with E-state index in [0.29, 0.717) is 22.6 Å². The van der Waals surface area contributed by atoms with Crippen LogP contribution in [-0.4, -0.2) is 51.6 Å². The van der Waals surface area contributed by atoms with Gasteiger partial charge in [0.25, 0.3) is 0 Å². The lowest BCUT2D eigenvalue weighted by Crippen LogP contribution is -2.75. The van der Waals surface area contributed by atoms with Crippen molar-refractivity contribution in [3.8, 4) is 0 Å². The Morgan fingerprint density at radius 3 is 1.03 bits per heavy atom. The van der Waals surface area contributed by atoms with Gasteiger partial charge in [-0.1, -0.05) is 35.9 Å². The molecule has 1 unspecified atom stereocenters. The van der Waals surface area contributed by atoms with Gasteiger partial charge in [0.05, 0.1) is 3.92 Å². The first-order valence-corrected chi connectivity index (χ1v) is 8.33. The summed E-state index contributed by atoms with van der Waals surface area (Å²) in [5, 5.41) is 0. The summed E-state index contributed by atoms with van der Waals surface area (Å²) in [6.07, 6.45) is -9.34. The maximum absolute atomic E-state index is 13.6. The molecule has 0 rings (SSSR count). The van der Waals surface area contributed by atoms with Crippen LogP contribution in [0.25, 0.3) is 0 Å². The van der Waals surface area contributed by atoms with E-state index in [0.717, 1.165) is 6.92 Å². The highest BCUT2D eigenvalue weighted by atomic mass is 127. The molecule has 0 fully saturated rings. The van der Waals surface area contributed by atoms with Gasteiger partial charge in [-0.05, 0) is 6.42 Å². The average molecular weight is 602 g/mol. The summed E-state index contributed by atoms with van der Waals surface area (Å²) >= 11 is 0.326.